The fourth-order valence-electron chi connectivity index (χ4n) is 2.03. The van der Waals surface area contributed by atoms with Gasteiger partial charge in [-0.1, -0.05) is 30.0 Å². The maximum Gasteiger partial charge on any atom is 0.0531 e. The summed E-state index contributed by atoms with van der Waals surface area (Å²) in [6.45, 7) is 0. The van der Waals surface area contributed by atoms with E-state index in [2.05, 4.69) is 41.1 Å². The number of hydrogen-bond donors (Lipinski definition) is 1. The van der Waals surface area contributed by atoms with Gasteiger partial charge in [-0.25, -0.2) is 0 Å². The van der Waals surface area contributed by atoms with Crippen LogP contribution in [-0.2, 0) is 6.42 Å². The molecule has 0 atom stereocenters. The summed E-state index contributed by atoms with van der Waals surface area (Å²) in [5.41, 5.74) is 3.75. The number of H-pyrrole nitrogens is 1. The Balaban J connectivity index is 2.37. The summed E-state index contributed by atoms with van der Waals surface area (Å²) < 4.78 is 0. The van der Waals surface area contributed by atoms with Crippen LogP contribution in [0.25, 0.3) is 10.9 Å². The fraction of sp³-hybridized carbons (Fsp3) is 0.231. The normalized spacial score (nSPS) is 14.3. The van der Waals surface area contributed by atoms with Crippen molar-refractivity contribution in [3.8, 4) is 11.8 Å². The molecule has 1 aliphatic carbocycles. The molecule has 3 rings (SSSR count). The molecule has 1 aromatic carbocycles. The predicted octanol–water partition coefficient (Wildman–Crippen LogP) is 2.86. The highest BCUT2D eigenvalue weighted by atomic mass is 14.7. The number of aryl methyl sites for hydroxylation is 1. The molecule has 68 valence electrons. The Hall–Kier alpha value is -1.68. The maximum atomic E-state index is 3.45. The van der Waals surface area contributed by atoms with E-state index in [0.29, 0.717) is 0 Å². The molecular formula is C13H11N. The molecule has 1 nitrogen and oxygen atoms in total. The molecule has 0 amide bonds. The summed E-state index contributed by atoms with van der Waals surface area (Å²) in [7, 11) is 0. The van der Waals surface area contributed by atoms with Gasteiger partial charge in [0.05, 0.1) is 5.56 Å². The zero-order chi connectivity index (χ0) is 9.38. The van der Waals surface area contributed by atoms with Crippen molar-refractivity contribution >= 4 is 10.9 Å². The number of benzene rings is 1. The quantitative estimate of drug-likeness (QED) is 0.601. The van der Waals surface area contributed by atoms with Crippen molar-refractivity contribution in [2.45, 2.75) is 19.3 Å². The summed E-state index contributed by atoms with van der Waals surface area (Å²) >= 11 is 0. The van der Waals surface area contributed by atoms with Gasteiger partial charge in [-0.2, -0.15) is 0 Å². The molecule has 0 unspecified atom stereocenters. The number of nitrogens with one attached hydrogen (secondary N) is 1. The van der Waals surface area contributed by atoms with E-state index in [1.165, 1.54) is 28.6 Å². The van der Waals surface area contributed by atoms with Gasteiger partial charge < -0.3 is 4.98 Å². The Kier molecular flexibility index (Phi) is 1.61. The smallest absolute Gasteiger partial charge is 0.0531 e. The number of fused-ring (bicyclic) bond motifs is 3. The van der Waals surface area contributed by atoms with Crippen LogP contribution in [0, 0.1) is 11.8 Å². The minimum Gasteiger partial charge on any atom is -0.357 e. The van der Waals surface area contributed by atoms with Crippen LogP contribution in [0.1, 0.15) is 24.1 Å². The van der Waals surface area contributed by atoms with E-state index in [9.17, 15) is 0 Å². The second-order valence-corrected chi connectivity index (χ2v) is 3.68. The lowest BCUT2D eigenvalue weighted by Crippen LogP contribution is -1.85. The summed E-state index contributed by atoms with van der Waals surface area (Å²) in [5.74, 6) is 6.48. The van der Waals surface area contributed by atoms with Gasteiger partial charge in [-0.05, 0) is 18.9 Å². The molecule has 14 heavy (non-hydrogen) atoms. The van der Waals surface area contributed by atoms with Crippen molar-refractivity contribution in [2.75, 3.05) is 0 Å². The van der Waals surface area contributed by atoms with Crippen LogP contribution in [0.3, 0.4) is 0 Å². The molecule has 0 saturated heterocycles. The van der Waals surface area contributed by atoms with E-state index in [4.69, 9.17) is 0 Å². The molecule has 1 heteroatoms. The van der Waals surface area contributed by atoms with Crippen molar-refractivity contribution in [3.05, 3.63) is 35.5 Å². The predicted molar refractivity (Wildman–Crippen MR) is 58.1 cm³/mol. The van der Waals surface area contributed by atoms with E-state index in [0.717, 1.165) is 12.8 Å². The highest BCUT2D eigenvalue weighted by molar-refractivity contribution is 5.87. The van der Waals surface area contributed by atoms with Crippen LogP contribution >= 0.6 is 0 Å². The van der Waals surface area contributed by atoms with E-state index in [1.807, 2.05) is 0 Å². The Labute approximate surface area is 83.1 Å². The highest BCUT2D eigenvalue weighted by Gasteiger charge is 2.09. The van der Waals surface area contributed by atoms with Crippen molar-refractivity contribution in [2.24, 2.45) is 0 Å². The van der Waals surface area contributed by atoms with Crippen LogP contribution in [-0.4, -0.2) is 4.98 Å². The lowest BCUT2D eigenvalue weighted by Gasteiger charge is -1.92. The molecule has 0 bridgehead atoms. The number of rotatable bonds is 0. The maximum absolute atomic E-state index is 3.45. The minimum atomic E-state index is 1.02. The Bertz CT molecular complexity index is 537. The zero-order valence-electron chi connectivity index (χ0n) is 7.93. The van der Waals surface area contributed by atoms with Gasteiger partial charge in [0.2, 0.25) is 0 Å². The lowest BCUT2D eigenvalue weighted by atomic mass is 10.1. The molecule has 1 heterocycles. The molecule has 1 aliphatic rings. The summed E-state index contributed by atoms with van der Waals surface area (Å²) in [4.78, 5) is 3.45. The molecule has 1 N–H and O–H groups in total. The van der Waals surface area contributed by atoms with Gasteiger partial charge >= 0.3 is 0 Å². The average molecular weight is 181 g/mol. The topological polar surface area (TPSA) is 15.8 Å². The van der Waals surface area contributed by atoms with Gasteiger partial charge in [0, 0.05) is 23.0 Å². The molecule has 0 saturated carbocycles. The first-order valence-electron chi connectivity index (χ1n) is 5.03. The number of aromatic nitrogens is 1. The van der Waals surface area contributed by atoms with Crippen LogP contribution in [0.5, 0.6) is 0 Å². The number of aromatic amines is 1. The van der Waals surface area contributed by atoms with Crippen molar-refractivity contribution in [1.29, 1.82) is 0 Å². The van der Waals surface area contributed by atoms with E-state index >= 15 is 0 Å². The zero-order valence-corrected chi connectivity index (χ0v) is 7.93. The molecule has 0 radical (unpaired) electrons. The van der Waals surface area contributed by atoms with Gasteiger partial charge in [0.1, 0.15) is 0 Å². The first-order chi connectivity index (χ1) is 6.95. The van der Waals surface area contributed by atoms with Crippen LogP contribution in [0.4, 0.5) is 0 Å². The van der Waals surface area contributed by atoms with Gasteiger partial charge in [0.15, 0.2) is 0 Å². The third kappa shape index (κ3) is 1.04. The molecular weight excluding hydrogens is 170 g/mol. The van der Waals surface area contributed by atoms with Crippen LogP contribution in [0.15, 0.2) is 24.3 Å². The molecule has 1 aromatic heterocycles. The van der Waals surface area contributed by atoms with E-state index < -0.39 is 0 Å². The highest BCUT2D eigenvalue weighted by Crippen LogP contribution is 2.23. The summed E-state index contributed by atoms with van der Waals surface area (Å²) in [6, 6.07) is 8.39. The van der Waals surface area contributed by atoms with Crippen molar-refractivity contribution in [1.82, 2.24) is 4.98 Å². The second-order valence-electron chi connectivity index (χ2n) is 3.68. The Morgan fingerprint density at radius 2 is 2.14 bits per heavy atom. The average Bonchev–Trinajstić information content (AvgIpc) is 2.42. The first-order valence-corrected chi connectivity index (χ1v) is 5.03. The summed E-state index contributed by atoms with van der Waals surface area (Å²) in [6.07, 6.45) is 3.31. The van der Waals surface area contributed by atoms with Gasteiger partial charge in [0.25, 0.3) is 0 Å². The first kappa shape index (κ1) is 7.70. The molecule has 0 aliphatic heterocycles. The third-order valence-electron chi connectivity index (χ3n) is 2.73. The van der Waals surface area contributed by atoms with Crippen molar-refractivity contribution < 1.29 is 0 Å². The fourth-order valence-corrected chi connectivity index (χ4v) is 2.03. The second kappa shape index (κ2) is 2.92. The minimum absolute atomic E-state index is 1.02. The van der Waals surface area contributed by atoms with Gasteiger partial charge in [-0.3, -0.25) is 0 Å². The monoisotopic (exact) mass is 181 g/mol. The van der Waals surface area contributed by atoms with E-state index in [1.54, 1.807) is 0 Å². The Morgan fingerprint density at radius 3 is 3.14 bits per heavy atom. The molecule has 0 fully saturated rings. The number of hydrogen-bond acceptors (Lipinski definition) is 0. The largest absolute Gasteiger partial charge is 0.357 e. The van der Waals surface area contributed by atoms with Gasteiger partial charge in [-0.15, -0.1) is 0 Å². The SMILES string of the molecule is C1#Cc2c([nH]c3ccccc23)CCC1. The number of para-hydroxylation sites is 1. The third-order valence-corrected chi connectivity index (χ3v) is 2.73. The van der Waals surface area contributed by atoms with E-state index in [-0.39, 0.29) is 0 Å². The lowest BCUT2D eigenvalue weighted by molar-refractivity contribution is 0.844. The van der Waals surface area contributed by atoms with Crippen molar-refractivity contribution in [3.63, 3.8) is 0 Å². The Morgan fingerprint density at radius 1 is 1.21 bits per heavy atom. The molecule has 2 aromatic rings. The molecule has 0 spiro atoms. The van der Waals surface area contributed by atoms with Crippen LogP contribution in [0.2, 0.25) is 0 Å². The summed E-state index contributed by atoms with van der Waals surface area (Å²) in [5, 5.41) is 1.27. The van der Waals surface area contributed by atoms with Crippen LogP contribution < -0.4 is 0 Å². The standard InChI is InChI=1S/C13H11N/c1-2-6-10-11-7-4-5-9-13(11)14-12(10)8-3-1/h4-5,7,9,14H,1,3,8H2.